The van der Waals surface area contributed by atoms with Gasteiger partial charge in [0.05, 0.1) is 11.3 Å². The molecule has 0 unspecified atom stereocenters. The Labute approximate surface area is 130 Å². The lowest BCUT2D eigenvalue weighted by atomic mass is 10.0. The van der Waals surface area contributed by atoms with Gasteiger partial charge in [0.2, 0.25) is 9.84 Å². The number of rotatable bonds is 3. The molecule has 1 aromatic carbocycles. The number of halogens is 3. The maximum Gasteiger partial charge on any atom is 0.267 e. The van der Waals surface area contributed by atoms with Crippen molar-refractivity contribution in [3.05, 3.63) is 41.2 Å². The Bertz CT molecular complexity index is 893. The molecule has 2 aromatic rings. The van der Waals surface area contributed by atoms with Crippen molar-refractivity contribution in [3.63, 3.8) is 0 Å². The molecule has 1 aromatic heterocycles. The van der Waals surface area contributed by atoms with Crippen LogP contribution in [0.3, 0.4) is 0 Å². The van der Waals surface area contributed by atoms with E-state index < -0.39 is 44.1 Å². The molecule has 2 aliphatic rings. The molecule has 5 nitrogen and oxygen atoms in total. The summed E-state index contributed by atoms with van der Waals surface area (Å²) in [6, 6.07) is 2.71. The third-order valence-corrected chi connectivity index (χ3v) is 6.23. The Morgan fingerprint density at radius 1 is 1.22 bits per heavy atom. The largest absolute Gasteiger partial charge is 0.267 e. The summed E-state index contributed by atoms with van der Waals surface area (Å²) in [5.41, 5.74) is -0.0633. The van der Waals surface area contributed by atoms with Gasteiger partial charge in [-0.2, -0.15) is 4.98 Å². The zero-order valence-corrected chi connectivity index (χ0v) is 12.6. The summed E-state index contributed by atoms with van der Waals surface area (Å²) in [7, 11) is -3.67. The van der Waals surface area contributed by atoms with Gasteiger partial charge >= 0.3 is 0 Å². The minimum Gasteiger partial charge on any atom is -0.239 e. The Balaban J connectivity index is 1.80. The van der Waals surface area contributed by atoms with E-state index in [4.69, 9.17) is 0 Å². The quantitative estimate of drug-likeness (QED) is 0.859. The van der Waals surface area contributed by atoms with E-state index in [0.29, 0.717) is 12.8 Å². The molecule has 1 aliphatic carbocycles. The second kappa shape index (κ2) is 4.80. The third-order valence-electron chi connectivity index (χ3n) is 4.20. The fourth-order valence-corrected chi connectivity index (χ4v) is 4.32. The van der Waals surface area contributed by atoms with Crippen molar-refractivity contribution in [3.8, 4) is 0 Å². The number of aromatic nitrogens is 3. The average Bonchev–Trinajstić information content (AvgIpc) is 3.20. The molecule has 0 radical (unpaired) electrons. The normalized spacial score (nSPS) is 24.0. The Morgan fingerprint density at radius 2 is 1.96 bits per heavy atom. The van der Waals surface area contributed by atoms with Gasteiger partial charge in [0.25, 0.3) is 5.16 Å². The van der Waals surface area contributed by atoms with Crippen LogP contribution in [0.25, 0.3) is 0 Å². The van der Waals surface area contributed by atoms with Gasteiger partial charge in [0.1, 0.15) is 0 Å². The first kappa shape index (κ1) is 14.7. The Kier molecular flexibility index (Phi) is 3.06. The van der Waals surface area contributed by atoms with Crippen molar-refractivity contribution < 1.29 is 21.6 Å². The molecule has 1 fully saturated rings. The highest BCUT2D eigenvalue weighted by Gasteiger charge is 2.43. The van der Waals surface area contributed by atoms with Crippen molar-refractivity contribution in [2.75, 3.05) is 0 Å². The summed E-state index contributed by atoms with van der Waals surface area (Å²) in [6.45, 7) is 0. The van der Waals surface area contributed by atoms with Gasteiger partial charge in [0, 0.05) is 12.0 Å². The number of benzene rings is 1. The smallest absolute Gasteiger partial charge is 0.239 e. The zero-order chi connectivity index (χ0) is 16.4. The van der Waals surface area contributed by atoms with Gasteiger partial charge in [-0.25, -0.2) is 26.3 Å². The molecule has 1 saturated carbocycles. The number of alkyl halides is 1. The fraction of sp³-hybridized carbons (Fsp3) is 0.429. The molecule has 0 saturated heterocycles. The summed E-state index contributed by atoms with van der Waals surface area (Å²) >= 11 is 0. The van der Waals surface area contributed by atoms with Crippen LogP contribution in [-0.2, 0) is 9.84 Å². The molecular weight excluding hydrogens is 331 g/mol. The standard InChI is InChI=1S/C14H12F3N3O2S/c15-9-3-1-2-8(12(9)17)11-6-10(16)13-18-14(19-20(11)13)23(21,22)7-4-5-7/h1-3,7,10-11H,4-6H2/t10-,11-/m1/s1. The lowest BCUT2D eigenvalue weighted by Crippen LogP contribution is -2.13. The SMILES string of the molecule is O=S(=O)(c1nc2n(n1)[C@@H](c1cccc(F)c1F)C[C@H]2F)C1CC1. The lowest BCUT2D eigenvalue weighted by molar-refractivity contribution is 0.324. The highest BCUT2D eigenvalue weighted by molar-refractivity contribution is 7.92. The average molecular weight is 343 g/mol. The summed E-state index contributed by atoms with van der Waals surface area (Å²) < 4.78 is 67.0. The van der Waals surface area contributed by atoms with Crippen LogP contribution >= 0.6 is 0 Å². The van der Waals surface area contributed by atoms with Crippen LogP contribution < -0.4 is 0 Å². The van der Waals surface area contributed by atoms with Crippen LogP contribution in [0, 0.1) is 11.6 Å². The van der Waals surface area contributed by atoms with Gasteiger partial charge in [-0.15, -0.1) is 5.10 Å². The van der Waals surface area contributed by atoms with Crippen LogP contribution in [0.4, 0.5) is 13.2 Å². The number of hydrogen-bond acceptors (Lipinski definition) is 4. The van der Waals surface area contributed by atoms with E-state index in [9.17, 15) is 21.6 Å². The first-order valence-corrected chi connectivity index (χ1v) is 8.72. The van der Waals surface area contributed by atoms with Gasteiger partial charge < -0.3 is 0 Å². The molecular formula is C14H12F3N3O2S. The van der Waals surface area contributed by atoms with E-state index in [2.05, 4.69) is 10.1 Å². The molecule has 122 valence electrons. The van der Waals surface area contributed by atoms with E-state index in [1.165, 1.54) is 12.1 Å². The number of sulfone groups is 1. The third kappa shape index (κ3) is 2.17. The highest BCUT2D eigenvalue weighted by Crippen LogP contribution is 2.42. The topological polar surface area (TPSA) is 64.8 Å². The first-order valence-electron chi connectivity index (χ1n) is 7.18. The van der Waals surface area contributed by atoms with E-state index >= 15 is 0 Å². The molecule has 2 heterocycles. The number of hydrogen-bond donors (Lipinski definition) is 0. The second-order valence-electron chi connectivity index (χ2n) is 5.80. The zero-order valence-electron chi connectivity index (χ0n) is 11.8. The summed E-state index contributed by atoms with van der Waals surface area (Å²) in [5.74, 6) is -2.28. The predicted molar refractivity (Wildman–Crippen MR) is 73.2 cm³/mol. The molecule has 1 aliphatic heterocycles. The minimum absolute atomic E-state index is 0.0633. The minimum atomic E-state index is -3.67. The van der Waals surface area contributed by atoms with Gasteiger partial charge in [-0.1, -0.05) is 12.1 Å². The van der Waals surface area contributed by atoms with Crippen molar-refractivity contribution in [2.45, 2.75) is 41.9 Å². The van der Waals surface area contributed by atoms with E-state index in [-0.39, 0.29) is 17.8 Å². The fourth-order valence-electron chi connectivity index (χ4n) is 2.84. The summed E-state index contributed by atoms with van der Waals surface area (Å²) in [6.07, 6.45) is -0.654. The van der Waals surface area contributed by atoms with Crippen molar-refractivity contribution in [1.82, 2.24) is 14.8 Å². The van der Waals surface area contributed by atoms with E-state index in [1.807, 2.05) is 0 Å². The van der Waals surface area contributed by atoms with Crippen LogP contribution in [0.1, 0.15) is 42.9 Å². The van der Waals surface area contributed by atoms with Crippen molar-refractivity contribution in [2.24, 2.45) is 0 Å². The predicted octanol–water partition coefficient (Wildman–Crippen LogP) is 2.50. The monoisotopic (exact) mass is 343 g/mol. The van der Waals surface area contributed by atoms with E-state index in [1.54, 1.807) is 0 Å². The molecule has 2 atom stereocenters. The van der Waals surface area contributed by atoms with Crippen LogP contribution in [0.2, 0.25) is 0 Å². The Morgan fingerprint density at radius 3 is 2.65 bits per heavy atom. The molecule has 4 rings (SSSR count). The molecule has 0 N–H and O–H groups in total. The first-order chi connectivity index (χ1) is 10.9. The molecule has 9 heteroatoms. The van der Waals surface area contributed by atoms with Crippen LogP contribution in [-0.4, -0.2) is 28.4 Å². The molecule has 0 spiro atoms. The molecule has 23 heavy (non-hydrogen) atoms. The van der Waals surface area contributed by atoms with Crippen LogP contribution in [0.5, 0.6) is 0 Å². The summed E-state index contributed by atoms with van der Waals surface area (Å²) in [5, 5.41) is 2.94. The van der Waals surface area contributed by atoms with Crippen molar-refractivity contribution >= 4 is 9.84 Å². The Hall–Kier alpha value is -1.90. The van der Waals surface area contributed by atoms with E-state index in [0.717, 1.165) is 10.7 Å². The second-order valence-corrected chi connectivity index (χ2v) is 7.93. The molecule has 0 bridgehead atoms. The number of fused-ring (bicyclic) bond motifs is 1. The highest BCUT2D eigenvalue weighted by atomic mass is 32.2. The van der Waals surface area contributed by atoms with Gasteiger partial charge in [-0.3, -0.25) is 0 Å². The summed E-state index contributed by atoms with van der Waals surface area (Å²) in [4.78, 5) is 3.81. The maximum absolute atomic E-state index is 14.2. The maximum atomic E-state index is 14.2. The van der Waals surface area contributed by atoms with Gasteiger partial charge in [0.15, 0.2) is 23.6 Å². The lowest BCUT2D eigenvalue weighted by Gasteiger charge is -2.13. The molecule has 0 amide bonds. The van der Waals surface area contributed by atoms with Crippen LogP contribution in [0.15, 0.2) is 23.4 Å². The van der Waals surface area contributed by atoms with Crippen molar-refractivity contribution in [1.29, 1.82) is 0 Å². The van der Waals surface area contributed by atoms with Gasteiger partial charge in [-0.05, 0) is 18.9 Å². The number of nitrogens with zero attached hydrogens (tertiary/aromatic N) is 3.